The third-order valence-corrected chi connectivity index (χ3v) is 2.11. The molecule has 0 bridgehead atoms. The molecule has 0 fully saturated rings. The maximum atomic E-state index is 11.5. The third kappa shape index (κ3) is 2.41. The first-order valence-electron chi connectivity index (χ1n) is 4.37. The summed E-state index contributed by atoms with van der Waals surface area (Å²) in [4.78, 5) is 19.4. The molecule has 0 N–H and O–H groups in total. The highest BCUT2D eigenvalue weighted by Gasteiger charge is 1.99. The summed E-state index contributed by atoms with van der Waals surface area (Å²) >= 11 is 5.58. The van der Waals surface area contributed by atoms with Crippen LogP contribution in [0.25, 0.3) is 0 Å². The minimum Gasteiger partial charge on any atom is -0.293 e. The standard InChI is InChI=1S/C10H8ClN3O/c11-9-5-10(15)14(7-13-9)6-8-3-1-2-4-12-8/h1-5,7H,6H2. The van der Waals surface area contributed by atoms with Gasteiger partial charge in [-0.3, -0.25) is 14.3 Å². The summed E-state index contributed by atoms with van der Waals surface area (Å²) in [6, 6.07) is 6.83. The van der Waals surface area contributed by atoms with Crippen molar-refractivity contribution in [1.82, 2.24) is 14.5 Å². The minimum absolute atomic E-state index is 0.180. The number of rotatable bonds is 2. The molecular weight excluding hydrogens is 214 g/mol. The summed E-state index contributed by atoms with van der Waals surface area (Å²) in [5.41, 5.74) is 0.629. The van der Waals surface area contributed by atoms with Gasteiger partial charge in [-0.25, -0.2) is 4.98 Å². The Hall–Kier alpha value is -1.68. The zero-order valence-electron chi connectivity index (χ0n) is 7.80. The van der Waals surface area contributed by atoms with E-state index in [1.165, 1.54) is 17.0 Å². The SMILES string of the molecule is O=c1cc(Cl)ncn1Cc1ccccn1. The predicted molar refractivity (Wildman–Crippen MR) is 56.8 cm³/mol. The van der Waals surface area contributed by atoms with E-state index in [1.807, 2.05) is 18.2 Å². The molecule has 76 valence electrons. The van der Waals surface area contributed by atoms with Gasteiger partial charge in [-0.15, -0.1) is 0 Å². The summed E-state index contributed by atoms with van der Waals surface area (Å²) in [6.45, 7) is 0.407. The number of hydrogen-bond acceptors (Lipinski definition) is 3. The van der Waals surface area contributed by atoms with Crippen molar-refractivity contribution in [2.75, 3.05) is 0 Å². The van der Waals surface area contributed by atoms with Crippen LogP contribution in [0.2, 0.25) is 5.15 Å². The quantitative estimate of drug-likeness (QED) is 0.719. The first-order valence-corrected chi connectivity index (χ1v) is 4.75. The van der Waals surface area contributed by atoms with Crippen LogP contribution < -0.4 is 5.56 Å². The van der Waals surface area contributed by atoms with Gasteiger partial charge in [0.2, 0.25) is 0 Å². The molecule has 0 unspecified atom stereocenters. The van der Waals surface area contributed by atoms with E-state index in [4.69, 9.17) is 11.6 Å². The Kier molecular flexibility index (Phi) is 2.78. The number of pyridine rings is 1. The van der Waals surface area contributed by atoms with Crippen molar-refractivity contribution in [3.8, 4) is 0 Å². The molecule has 0 aliphatic heterocycles. The number of aromatic nitrogens is 3. The molecule has 2 aromatic rings. The molecule has 0 saturated heterocycles. The molecule has 2 heterocycles. The lowest BCUT2D eigenvalue weighted by atomic mass is 10.3. The summed E-state index contributed by atoms with van der Waals surface area (Å²) in [5, 5.41) is 0.206. The largest absolute Gasteiger partial charge is 0.293 e. The van der Waals surface area contributed by atoms with Gasteiger partial charge in [0.15, 0.2) is 0 Å². The van der Waals surface area contributed by atoms with Gasteiger partial charge in [-0.1, -0.05) is 17.7 Å². The molecule has 0 atom stereocenters. The van der Waals surface area contributed by atoms with Crippen molar-refractivity contribution < 1.29 is 0 Å². The zero-order chi connectivity index (χ0) is 10.7. The van der Waals surface area contributed by atoms with Crippen molar-refractivity contribution in [3.05, 3.63) is 58.0 Å². The van der Waals surface area contributed by atoms with Gasteiger partial charge in [-0.2, -0.15) is 0 Å². The number of halogens is 1. The van der Waals surface area contributed by atoms with Gasteiger partial charge in [0, 0.05) is 12.3 Å². The molecule has 0 aromatic carbocycles. The van der Waals surface area contributed by atoms with Crippen molar-refractivity contribution in [2.24, 2.45) is 0 Å². The van der Waals surface area contributed by atoms with Crippen LogP contribution in [0.3, 0.4) is 0 Å². The molecule has 2 rings (SSSR count). The summed E-state index contributed by atoms with van der Waals surface area (Å²) in [5.74, 6) is 0. The van der Waals surface area contributed by atoms with E-state index >= 15 is 0 Å². The van der Waals surface area contributed by atoms with Crippen molar-refractivity contribution >= 4 is 11.6 Å². The first kappa shape index (κ1) is 9.86. The van der Waals surface area contributed by atoms with Crippen LogP contribution in [-0.4, -0.2) is 14.5 Å². The molecule has 0 radical (unpaired) electrons. The highest BCUT2D eigenvalue weighted by molar-refractivity contribution is 6.29. The average molecular weight is 222 g/mol. The Morgan fingerprint density at radius 3 is 2.87 bits per heavy atom. The molecular formula is C10H8ClN3O. The van der Waals surface area contributed by atoms with Gasteiger partial charge < -0.3 is 0 Å². The van der Waals surface area contributed by atoms with Crippen LogP contribution >= 0.6 is 11.6 Å². The highest BCUT2D eigenvalue weighted by atomic mass is 35.5. The summed E-state index contributed by atoms with van der Waals surface area (Å²) < 4.78 is 1.45. The van der Waals surface area contributed by atoms with E-state index in [1.54, 1.807) is 6.20 Å². The van der Waals surface area contributed by atoms with Crippen LogP contribution in [0.5, 0.6) is 0 Å². The maximum absolute atomic E-state index is 11.5. The number of hydrogen-bond donors (Lipinski definition) is 0. The molecule has 0 amide bonds. The van der Waals surface area contributed by atoms with Crippen LogP contribution in [-0.2, 0) is 6.54 Å². The molecule has 4 nitrogen and oxygen atoms in total. The lowest BCUT2D eigenvalue weighted by Gasteiger charge is -2.03. The highest BCUT2D eigenvalue weighted by Crippen LogP contribution is 1.99. The van der Waals surface area contributed by atoms with E-state index in [0.29, 0.717) is 6.54 Å². The van der Waals surface area contributed by atoms with E-state index in [0.717, 1.165) is 5.69 Å². The lowest BCUT2D eigenvalue weighted by molar-refractivity contribution is 0.719. The Morgan fingerprint density at radius 2 is 2.20 bits per heavy atom. The molecule has 2 aromatic heterocycles. The minimum atomic E-state index is -0.180. The van der Waals surface area contributed by atoms with Gasteiger partial charge in [0.25, 0.3) is 5.56 Å². The zero-order valence-corrected chi connectivity index (χ0v) is 8.55. The molecule has 0 aliphatic carbocycles. The van der Waals surface area contributed by atoms with Gasteiger partial charge in [0.1, 0.15) is 5.15 Å². The molecule has 0 saturated carbocycles. The Morgan fingerprint density at radius 1 is 1.33 bits per heavy atom. The average Bonchev–Trinajstić information content (AvgIpc) is 2.24. The molecule has 15 heavy (non-hydrogen) atoms. The Bertz CT molecular complexity index is 510. The van der Waals surface area contributed by atoms with E-state index in [-0.39, 0.29) is 10.7 Å². The second kappa shape index (κ2) is 4.23. The smallest absolute Gasteiger partial charge is 0.255 e. The monoisotopic (exact) mass is 221 g/mol. The van der Waals surface area contributed by atoms with Crippen LogP contribution in [0.1, 0.15) is 5.69 Å². The van der Waals surface area contributed by atoms with E-state index < -0.39 is 0 Å². The fourth-order valence-corrected chi connectivity index (χ4v) is 1.33. The predicted octanol–water partition coefficient (Wildman–Crippen LogP) is 1.34. The normalized spacial score (nSPS) is 10.2. The molecule has 0 spiro atoms. The van der Waals surface area contributed by atoms with Gasteiger partial charge in [-0.05, 0) is 12.1 Å². The van der Waals surface area contributed by atoms with Gasteiger partial charge in [0.05, 0.1) is 18.6 Å². The Balaban J connectivity index is 2.29. The summed E-state index contributed by atoms with van der Waals surface area (Å²) in [6.07, 6.45) is 3.10. The first-order chi connectivity index (χ1) is 7.25. The molecule has 5 heteroatoms. The topological polar surface area (TPSA) is 47.8 Å². The van der Waals surface area contributed by atoms with Crippen molar-refractivity contribution in [2.45, 2.75) is 6.54 Å². The van der Waals surface area contributed by atoms with E-state index in [9.17, 15) is 4.79 Å². The third-order valence-electron chi connectivity index (χ3n) is 1.90. The second-order valence-electron chi connectivity index (χ2n) is 3.00. The lowest BCUT2D eigenvalue weighted by Crippen LogP contribution is -2.20. The van der Waals surface area contributed by atoms with Crippen molar-refractivity contribution in [3.63, 3.8) is 0 Å². The Labute approximate surface area is 91.2 Å². The van der Waals surface area contributed by atoms with E-state index in [2.05, 4.69) is 9.97 Å². The summed E-state index contributed by atoms with van der Waals surface area (Å²) in [7, 11) is 0. The second-order valence-corrected chi connectivity index (χ2v) is 3.39. The maximum Gasteiger partial charge on any atom is 0.255 e. The number of nitrogens with zero attached hydrogens (tertiary/aromatic N) is 3. The van der Waals surface area contributed by atoms with Crippen molar-refractivity contribution in [1.29, 1.82) is 0 Å². The fourth-order valence-electron chi connectivity index (χ4n) is 1.19. The van der Waals surface area contributed by atoms with Crippen LogP contribution in [0, 0.1) is 0 Å². The van der Waals surface area contributed by atoms with Crippen LogP contribution in [0.15, 0.2) is 41.6 Å². The van der Waals surface area contributed by atoms with Gasteiger partial charge >= 0.3 is 0 Å². The van der Waals surface area contributed by atoms with Crippen LogP contribution in [0.4, 0.5) is 0 Å². The molecule has 0 aliphatic rings. The fraction of sp³-hybridized carbons (Fsp3) is 0.100.